The van der Waals surface area contributed by atoms with Crippen molar-refractivity contribution in [1.82, 2.24) is 0 Å². The minimum Gasteiger partial charge on any atom is -0.513 e. The first-order chi connectivity index (χ1) is 6.07. The van der Waals surface area contributed by atoms with E-state index in [1.54, 1.807) is 13.0 Å². The minimum absolute atomic E-state index is 0.368. The van der Waals surface area contributed by atoms with Crippen LogP contribution in [-0.2, 0) is 0 Å². The zero-order valence-electron chi connectivity index (χ0n) is 9.89. The van der Waals surface area contributed by atoms with Gasteiger partial charge in [-0.3, -0.25) is 0 Å². The summed E-state index contributed by atoms with van der Waals surface area (Å²) in [7, 11) is 0. The zero-order chi connectivity index (χ0) is 10.9. The summed E-state index contributed by atoms with van der Waals surface area (Å²) in [5.41, 5.74) is 1.32. The van der Waals surface area contributed by atoms with Gasteiger partial charge in [-0.1, -0.05) is 39.3 Å². The fourth-order valence-corrected chi connectivity index (χ4v) is 0.738. The minimum atomic E-state index is 0.368. The van der Waals surface area contributed by atoms with Crippen molar-refractivity contribution in [3.8, 4) is 0 Å². The summed E-state index contributed by atoms with van der Waals surface area (Å²) in [5.74, 6) is 0.984. The van der Waals surface area contributed by atoms with E-state index in [4.69, 9.17) is 5.11 Å². The van der Waals surface area contributed by atoms with Gasteiger partial charge in [-0.2, -0.15) is 0 Å². The molecule has 13 heavy (non-hydrogen) atoms. The van der Waals surface area contributed by atoms with E-state index in [1.807, 2.05) is 19.9 Å². The molecule has 0 aliphatic carbocycles. The molecule has 0 aromatic heterocycles. The summed E-state index contributed by atoms with van der Waals surface area (Å²) >= 11 is 0. The normalized spacial score (nSPS) is 14.6. The van der Waals surface area contributed by atoms with E-state index in [9.17, 15) is 0 Å². The first-order valence-electron chi connectivity index (χ1n) is 5.12. The van der Waals surface area contributed by atoms with E-state index in [-0.39, 0.29) is 0 Å². The Hall–Kier alpha value is -0.720. The van der Waals surface area contributed by atoms with Crippen LogP contribution >= 0.6 is 0 Å². The second-order valence-corrected chi connectivity index (χ2v) is 3.03. The van der Waals surface area contributed by atoms with Crippen molar-refractivity contribution in [2.24, 2.45) is 5.92 Å². The molecule has 0 aromatic carbocycles. The lowest BCUT2D eigenvalue weighted by molar-refractivity contribution is 0.414. The van der Waals surface area contributed by atoms with Crippen LogP contribution in [0.3, 0.4) is 0 Å². The highest BCUT2D eigenvalue weighted by Crippen LogP contribution is 2.12. The summed E-state index contributed by atoms with van der Waals surface area (Å²) < 4.78 is 0. The standard InChI is InChI=1S/C10H18O.C2H6/c1-5-8(2)9(3)6-7-10(4)11;1-2/h6-8,11H,5H2,1-4H3;1-2H3/b9-6+,10-7+;. The van der Waals surface area contributed by atoms with Crippen molar-refractivity contribution in [1.29, 1.82) is 0 Å². The molecule has 0 amide bonds. The quantitative estimate of drug-likeness (QED) is 0.507. The first-order valence-corrected chi connectivity index (χ1v) is 5.12. The average Bonchev–Trinajstić information content (AvgIpc) is 2.16. The maximum Gasteiger partial charge on any atom is 0.0891 e. The molecule has 1 nitrogen and oxygen atoms in total. The molecule has 0 spiro atoms. The van der Waals surface area contributed by atoms with Gasteiger partial charge in [-0.25, -0.2) is 0 Å². The molecule has 1 unspecified atom stereocenters. The molecule has 1 atom stereocenters. The Morgan fingerprint density at radius 2 is 1.69 bits per heavy atom. The number of allylic oxidation sites excluding steroid dienone is 4. The fourth-order valence-electron chi connectivity index (χ4n) is 0.738. The van der Waals surface area contributed by atoms with Crippen molar-refractivity contribution < 1.29 is 5.11 Å². The molecular weight excluding hydrogens is 160 g/mol. The number of hydrogen-bond acceptors (Lipinski definition) is 1. The van der Waals surface area contributed by atoms with Gasteiger partial charge in [0.1, 0.15) is 0 Å². The summed E-state index contributed by atoms with van der Waals surface area (Å²) in [4.78, 5) is 0. The van der Waals surface area contributed by atoms with E-state index in [1.165, 1.54) is 5.57 Å². The molecule has 0 saturated heterocycles. The van der Waals surface area contributed by atoms with E-state index >= 15 is 0 Å². The van der Waals surface area contributed by atoms with Crippen LogP contribution < -0.4 is 0 Å². The van der Waals surface area contributed by atoms with E-state index in [2.05, 4.69) is 20.8 Å². The smallest absolute Gasteiger partial charge is 0.0891 e. The van der Waals surface area contributed by atoms with Crippen LogP contribution in [0.1, 0.15) is 48.0 Å². The second kappa shape index (κ2) is 9.37. The van der Waals surface area contributed by atoms with Crippen LogP contribution in [0, 0.1) is 5.92 Å². The van der Waals surface area contributed by atoms with Crippen LogP contribution in [-0.4, -0.2) is 5.11 Å². The Balaban J connectivity index is 0. The van der Waals surface area contributed by atoms with Crippen LogP contribution in [0.5, 0.6) is 0 Å². The van der Waals surface area contributed by atoms with E-state index in [0.29, 0.717) is 11.7 Å². The van der Waals surface area contributed by atoms with Crippen molar-refractivity contribution in [3.63, 3.8) is 0 Å². The summed E-state index contributed by atoms with van der Waals surface area (Å²) in [6.07, 6.45) is 4.87. The molecule has 0 bridgehead atoms. The maximum absolute atomic E-state index is 8.87. The molecule has 0 heterocycles. The highest BCUT2D eigenvalue weighted by molar-refractivity contribution is 5.13. The summed E-state index contributed by atoms with van der Waals surface area (Å²) in [6.45, 7) is 12.1. The highest BCUT2D eigenvalue weighted by atomic mass is 16.3. The van der Waals surface area contributed by atoms with Crippen molar-refractivity contribution in [2.75, 3.05) is 0 Å². The molecule has 0 radical (unpaired) electrons. The largest absolute Gasteiger partial charge is 0.513 e. The van der Waals surface area contributed by atoms with Crippen LogP contribution in [0.2, 0.25) is 0 Å². The summed E-state index contributed by atoms with van der Waals surface area (Å²) in [6, 6.07) is 0. The number of hydrogen-bond donors (Lipinski definition) is 1. The predicted octanol–water partition coefficient (Wildman–Crippen LogP) is 4.47. The summed E-state index contributed by atoms with van der Waals surface area (Å²) in [5, 5.41) is 8.87. The van der Waals surface area contributed by atoms with Crippen molar-refractivity contribution >= 4 is 0 Å². The zero-order valence-corrected chi connectivity index (χ0v) is 9.89. The van der Waals surface area contributed by atoms with Crippen molar-refractivity contribution in [3.05, 3.63) is 23.5 Å². The van der Waals surface area contributed by atoms with Gasteiger partial charge in [0.05, 0.1) is 5.76 Å². The highest BCUT2D eigenvalue weighted by Gasteiger charge is 1.98. The molecule has 0 rings (SSSR count). The van der Waals surface area contributed by atoms with Crippen LogP contribution in [0.25, 0.3) is 0 Å². The van der Waals surface area contributed by atoms with Gasteiger partial charge in [0, 0.05) is 0 Å². The maximum atomic E-state index is 8.87. The van der Waals surface area contributed by atoms with E-state index in [0.717, 1.165) is 6.42 Å². The van der Waals surface area contributed by atoms with Gasteiger partial charge in [0.2, 0.25) is 0 Å². The lowest BCUT2D eigenvalue weighted by Gasteiger charge is -2.06. The van der Waals surface area contributed by atoms with Crippen LogP contribution in [0.15, 0.2) is 23.5 Å². The average molecular weight is 184 g/mol. The lowest BCUT2D eigenvalue weighted by Crippen LogP contribution is -1.92. The first kappa shape index (κ1) is 14.8. The Labute approximate surface area is 83.2 Å². The number of rotatable bonds is 3. The van der Waals surface area contributed by atoms with Crippen molar-refractivity contribution in [2.45, 2.75) is 48.0 Å². The molecular formula is C12H24O. The molecule has 0 aliphatic heterocycles. The Morgan fingerprint density at radius 1 is 1.23 bits per heavy atom. The van der Waals surface area contributed by atoms with Gasteiger partial charge in [0.25, 0.3) is 0 Å². The third kappa shape index (κ3) is 9.19. The van der Waals surface area contributed by atoms with Gasteiger partial charge in [-0.15, -0.1) is 0 Å². The fraction of sp³-hybridized carbons (Fsp3) is 0.667. The van der Waals surface area contributed by atoms with Gasteiger partial charge in [-0.05, 0) is 32.3 Å². The molecule has 0 aromatic rings. The number of aliphatic hydroxyl groups is 1. The third-order valence-corrected chi connectivity index (χ3v) is 1.98. The Bertz CT molecular complexity index is 162. The molecule has 0 saturated carbocycles. The predicted molar refractivity (Wildman–Crippen MR) is 60.9 cm³/mol. The monoisotopic (exact) mass is 184 g/mol. The molecule has 0 fully saturated rings. The second-order valence-electron chi connectivity index (χ2n) is 3.03. The SMILES string of the molecule is CC.CCC(C)/C(C)=C/C=C(\C)O. The third-order valence-electron chi connectivity index (χ3n) is 1.98. The van der Waals surface area contributed by atoms with Gasteiger partial charge < -0.3 is 5.11 Å². The Kier molecular flexibility index (Phi) is 10.7. The Morgan fingerprint density at radius 3 is 2.00 bits per heavy atom. The van der Waals surface area contributed by atoms with Crippen LogP contribution in [0.4, 0.5) is 0 Å². The van der Waals surface area contributed by atoms with E-state index < -0.39 is 0 Å². The number of aliphatic hydroxyl groups excluding tert-OH is 1. The molecule has 78 valence electrons. The molecule has 1 heteroatoms. The topological polar surface area (TPSA) is 20.2 Å². The lowest BCUT2D eigenvalue weighted by atomic mass is 10.00. The molecule has 1 N–H and O–H groups in total. The van der Waals surface area contributed by atoms with Gasteiger partial charge in [0.15, 0.2) is 0 Å². The molecule has 0 aliphatic rings. The van der Waals surface area contributed by atoms with Gasteiger partial charge >= 0.3 is 0 Å².